The van der Waals surface area contributed by atoms with Gasteiger partial charge in [0.1, 0.15) is 0 Å². The first-order valence-electron chi connectivity index (χ1n) is 5.76. The molecule has 1 aromatic rings. The Bertz CT molecular complexity index is 349. The molecule has 6 heteroatoms. The van der Waals surface area contributed by atoms with E-state index in [2.05, 4.69) is 24.1 Å². The third kappa shape index (κ3) is 5.73. The molecule has 0 saturated carbocycles. The lowest BCUT2D eigenvalue weighted by atomic mass is 10.2. The van der Waals surface area contributed by atoms with Crippen LogP contribution in [0.1, 0.15) is 19.4 Å². The molecule has 102 valence electrons. The normalized spacial score (nSPS) is 12.1. The van der Waals surface area contributed by atoms with Gasteiger partial charge in [0.15, 0.2) is 0 Å². The van der Waals surface area contributed by atoms with Gasteiger partial charge in [0.2, 0.25) is 0 Å². The molecule has 0 atom stereocenters. The van der Waals surface area contributed by atoms with Crippen molar-refractivity contribution in [3.63, 3.8) is 0 Å². The third-order valence-electron chi connectivity index (χ3n) is 2.15. The van der Waals surface area contributed by atoms with Gasteiger partial charge in [-0.15, -0.1) is 11.8 Å². The van der Waals surface area contributed by atoms with Gasteiger partial charge < -0.3 is 5.32 Å². The average Bonchev–Trinajstić information content (AvgIpc) is 2.27. The Hall–Kier alpha value is -0.750. The van der Waals surface area contributed by atoms with Crippen molar-refractivity contribution in [2.45, 2.75) is 25.0 Å². The van der Waals surface area contributed by atoms with Crippen LogP contribution in [0.3, 0.4) is 0 Å². The van der Waals surface area contributed by atoms with Crippen molar-refractivity contribution in [1.29, 1.82) is 0 Å². The quantitative estimate of drug-likeness (QED) is 0.637. The molecule has 1 rings (SSSR count). The van der Waals surface area contributed by atoms with Crippen molar-refractivity contribution in [3.05, 3.63) is 23.9 Å². The van der Waals surface area contributed by atoms with Crippen molar-refractivity contribution in [1.82, 2.24) is 10.3 Å². The molecular weight excluding hydrogens is 261 g/mol. The highest BCUT2D eigenvalue weighted by molar-refractivity contribution is 7.99. The first-order chi connectivity index (χ1) is 8.39. The molecule has 0 aromatic carbocycles. The highest BCUT2D eigenvalue weighted by Crippen LogP contribution is 2.29. The van der Waals surface area contributed by atoms with Crippen LogP contribution >= 0.6 is 11.8 Å². The van der Waals surface area contributed by atoms with Crippen LogP contribution in [-0.2, 0) is 6.18 Å². The number of halogens is 3. The Morgan fingerprint density at radius 3 is 2.56 bits per heavy atom. The predicted molar refractivity (Wildman–Crippen MR) is 67.7 cm³/mol. The third-order valence-corrected chi connectivity index (χ3v) is 3.09. The summed E-state index contributed by atoms with van der Waals surface area (Å²) in [5, 5.41) is 3.88. The van der Waals surface area contributed by atoms with Crippen LogP contribution in [0, 0.1) is 5.92 Å². The molecule has 0 aliphatic carbocycles. The summed E-state index contributed by atoms with van der Waals surface area (Å²) < 4.78 is 36.9. The summed E-state index contributed by atoms with van der Waals surface area (Å²) in [6, 6.07) is 2.48. The molecule has 2 nitrogen and oxygen atoms in total. The number of nitrogens with zero attached hydrogens (tertiary/aromatic N) is 1. The SMILES string of the molecule is CC(C)CNCCSc1ccc(C(F)(F)F)cn1. The topological polar surface area (TPSA) is 24.9 Å². The fourth-order valence-corrected chi connectivity index (χ4v) is 2.00. The molecule has 1 heterocycles. The van der Waals surface area contributed by atoms with Crippen LogP contribution < -0.4 is 5.32 Å². The van der Waals surface area contributed by atoms with E-state index >= 15 is 0 Å². The van der Waals surface area contributed by atoms with Crippen LogP contribution in [-0.4, -0.2) is 23.8 Å². The van der Waals surface area contributed by atoms with E-state index in [4.69, 9.17) is 0 Å². The first-order valence-corrected chi connectivity index (χ1v) is 6.75. The minimum atomic E-state index is -4.31. The molecular formula is C12H17F3N2S. The van der Waals surface area contributed by atoms with E-state index in [1.807, 2.05) is 0 Å². The summed E-state index contributed by atoms with van der Waals surface area (Å²) in [5.41, 5.74) is -0.704. The minimum absolute atomic E-state index is 0.596. The molecule has 0 spiro atoms. The molecule has 0 amide bonds. The number of hydrogen-bond donors (Lipinski definition) is 1. The average molecular weight is 278 g/mol. The van der Waals surface area contributed by atoms with Crippen LogP contribution in [0.5, 0.6) is 0 Å². The summed E-state index contributed by atoms with van der Waals surface area (Å²) >= 11 is 1.45. The molecule has 0 saturated heterocycles. The number of thioether (sulfide) groups is 1. The number of rotatable bonds is 6. The second kappa shape index (κ2) is 6.99. The van der Waals surface area contributed by atoms with E-state index in [0.717, 1.165) is 31.1 Å². The number of alkyl halides is 3. The smallest absolute Gasteiger partial charge is 0.316 e. The molecule has 0 unspecified atom stereocenters. The zero-order chi connectivity index (χ0) is 13.6. The maximum absolute atomic E-state index is 12.3. The molecule has 1 N–H and O–H groups in total. The van der Waals surface area contributed by atoms with Crippen LogP contribution in [0.25, 0.3) is 0 Å². The van der Waals surface area contributed by atoms with E-state index < -0.39 is 11.7 Å². The van der Waals surface area contributed by atoms with Crippen molar-refractivity contribution < 1.29 is 13.2 Å². The van der Waals surface area contributed by atoms with Gasteiger partial charge in [-0.05, 0) is 24.6 Å². The fourth-order valence-electron chi connectivity index (χ4n) is 1.25. The number of pyridine rings is 1. The van der Waals surface area contributed by atoms with Crippen LogP contribution in [0.15, 0.2) is 23.4 Å². The Morgan fingerprint density at radius 1 is 1.33 bits per heavy atom. The zero-order valence-electron chi connectivity index (χ0n) is 10.4. The Labute approximate surface area is 109 Å². The van der Waals surface area contributed by atoms with Gasteiger partial charge in [-0.25, -0.2) is 4.98 Å². The molecule has 0 aliphatic heterocycles. The van der Waals surface area contributed by atoms with Gasteiger partial charge in [-0.1, -0.05) is 13.8 Å². The van der Waals surface area contributed by atoms with Gasteiger partial charge in [-0.3, -0.25) is 0 Å². The van der Waals surface area contributed by atoms with Crippen LogP contribution in [0.2, 0.25) is 0 Å². The van der Waals surface area contributed by atoms with Gasteiger partial charge >= 0.3 is 6.18 Å². The van der Waals surface area contributed by atoms with Crippen molar-refractivity contribution in [2.75, 3.05) is 18.8 Å². The fraction of sp³-hybridized carbons (Fsp3) is 0.583. The predicted octanol–water partition coefficient (Wildman–Crippen LogP) is 3.44. The van der Waals surface area contributed by atoms with E-state index in [0.29, 0.717) is 10.9 Å². The highest BCUT2D eigenvalue weighted by atomic mass is 32.2. The maximum Gasteiger partial charge on any atom is 0.417 e. The highest BCUT2D eigenvalue weighted by Gasteiger charge is 2.30. The molecule has 18 heavy (non-hydrogen) atoms. The summed E-state index contributed by atoms with van der Waals surface area (Å²) in [6.45, 7) is 6.02. The van der Waals surface area contributed by atoms with Crippen molar-refractivity contribution in [2.24, 2.45) is 5.92 Å². The monoisotopic (exact) mass is 278 g/mol. The van der Waals surface area contributed by atoms with E-state index in [1.54, 1.807) is 0 Å². The second-order valence-electron chi connectivity index (χ2n) is 4.33. The zero-order valence-corrected chi connectivity index (χ0v) is 11.2. The Morgan fingerprint density at radius 2 is 2.06 bits per heavy atom. The van der Waals surface area contributed by atoms with Gasteiger partial charge in [0, 0.05) is 18.5 Å². The molecule has 1 aromatic heterocycles. The first kappa shape index (κ1) is 15.3. The van der Waals surface area contributed by atoms with Crippen molar-refractivity contribution in [3.8, 4) is 0 Å². The van der Waals surface area contributed by atoms with Crippen LogP contribution in [0.4, 0.5) is 13.2 Å². The molecule has 0 fully saturated rings. The molecule has 0 radical (unpaired) electrons. The lowest BCUT2D eigenvalue weighted by molar-refractivity contribution is -0.137. The molecule has 0 bridgehead atoms. The number of hydrogen-bond acceptors (Lipinski definition) is 3. The largest absolute Gasteiger partial charge is 0.417 e. The lowest BCUT2D eigenvalue weighted by Gasteiger charge is -2.08. The molecule has 0 aliphatic rings. The minimum Gasteiger partial charge on any atom is -0.316 e. The van der Waals surface area contributed by atoms with Crippen molar-refractivity contribution >= 4 is 11.8 Å². The maximum atomic E-state index is 12.3. The second-order valence-corrected chi connectivity index (χ2v) is 5.44. The van der Waals surface area contributed by atoms with E-state index in [1.165, 1.54) is 17.8 Å². The lowest BCUT2D eigenvalue weighted by Crippen LogP contribution is -2.22. The van der Waals surface area contributed by atoms with E-state index in [-0.39, 0.29) is 0 Å². The van der Waals surface area contributed by atoms with E-state index in [9.17, 15) is 13.2 Å². The summed E-state index contributed by atoms with van der Waals surface area (Å²) in [6.07, 6.45) is -3.43. The Kier molecular flexibility index (Phi) is 5.95. The van der Waals surface area contributed by atoms with Gasteiger partial charge in [0.25, 0.3) is 0 Å². The summed E-state index contributed by atoms with van der Waals surface area (Å²) in [7, 11) is 0. The summed E-state index contributed by atoms with van der Waals surface area (Å²) in [5.74, 6) is 1.39. The summed E-state index contributed by atoms with van der Waals surface area (Å²) in [4.78, 5) is 3.79. The standard InChI is InChI=1S/C12H17F3N2S/c1-9(2)7-16-5-6-18-11-4-3-10(8-17-11)12(13,14)15/h3-4,8-9,16H,5-7H2,1-2H3. The van der Waals surface area contributed by atoms with Gasteiger partial charge in [0.05, 0.1) is 10.6 Å². The number of aromatic nitrogens is 1. The number of nitrogens with one attached hydrogen (secondary N) is 1. The Balaban J connectivity index is 2.31. The van der Waals surface area contributed by atoms with Gasteiger partial charge in [-0.2, -0.15) is 13.2 Å².